The Kier molecular flexibility index (Phi) is 8.37. The van der Waals surface area contributed by atoms with Gasteiger partial charge >= 0.3 is 19.5 Å². The second kappa shape index (κ2) is 6.32. The quantitative estimate of drug-likeness (QED) is 0.439. The molecule has 0 rings (SSSR count). The number of rotatable bonds is 3. The molecule has 0 saturated heterocycles. The van der Waals surface area contributed by atoms with Gasteiger partial charge in [0.1, 0.15) is 0 Å². The van der Waals surface area contributed by atoms with E-state index in [2.05, 4.69) is 9.24 Å². The third kappa shape index (κ3) is 11.7. The van der Waals surface area contributed by atoms with E-state index in [1.807, 2.05) is 0 Å². The first-order chi connectivity index (χ1) is 3.63. The van der Waals surface area contributed by atoms with E-state index in [0.717, 1.165) is 0 Å². The van der Waals surface area contributed by atoms with Crippen LogP contribution in [0.1, 0.15) is 12.8 Å². The Morgan fingerprint density at radius 1 is 1.33 bits per heavy atom. The van der Waals surface area contributed by atoms with Gasteiger partial charge in [-0.25, -0.2) is 0 Å². The van der Waals surface area contributed by atoms with Gasteiger partial charge in [-0.15, -0.1) is 0 Å². The summed E-state index contributed by atoms with van der Waals surface area (Å²) in [6.45, 7) is 0. The maximum Gasteiger partial charge on any atom is 2.00 e. The maximum atomic E-state index is 9.97. The minimum Gasteiger partial charge on any atom is -0.550 e. The molecule has 0 fully saturated rings. The largest absolute Gasteiger partial charge is 2.00 e. The normalized spacial score (nSPS) is 7.67. The Labute approximate surface area is 68.2 Å². The number of aliphatic carboxylic acids is 1. The third-order valence-corrected chi connectivity index (χ3v) is 0.806. The molecule has 0 radical (unpaired) electrons. The molecule has 0 atom stereocenters. The van der Waals surface area contributed by atoms with Crippen LogP contribution in [0.15, 0.2) is 0 Å². The number of carbonyl (C=O) groups excluding carboxylic acids is 2. The molecule has 0 aliphatic heterocycles. The summed E-state index contributed by atoms with van der Waals surface area (Å²) in [5, 5.41) is 9.62. The van der Waals surface area contributed by atoms with Gasteiger partial charge in [0.2, 0.25) is 0 Å². The van der Waals surface area contributed by atoms with Crippen molar-refractivity contribution in [2.75, 3.05) is 0 Å². The summed E-state index contributed by atoms with van der Waals surface area (Å²) in [6.07, 6.45) is -0.207. The molecule has 0 aromatic carbocycles. The fourth-order valence-electron chi connectivity index (χ4n) is 0.216. The smallest absolute Gasteiger partial charge is 0.550 e. The van der Waals surface area contributed by atoms with Crippen molar-refractivity contribution in [3.8, 4) is 0 Å². The van der Waals surface area contributed by atoms with Crippen LogP contribution in [0.4, 0.5) is 0 Å². The van der Waals surface area contributed by atoms with Crippen LogP contribution < -0.4 is 5.11 Å². The van der Waals surface area contributed by atoms with E-state index in [1.54, 1.807) is 0 Å². The van der Waals surface area contributed by atoms with Crippen molar-refractivity contribution in [3.05, 3.63) is 0 Å². The van der Waals surface area contributed by atoms with Crippen molar-refractivity contribution < 1.29 is 34.2 Å². The van der Waals surface area contributed by atoms with Crippen LogP contribution in [0.2, 0.25) is 0 Å². The first-order valence-corrected chi connectivity index (χ1v) is 2.57. The van der Waals surface area contributed by atoms with Crippen LogP contribution in [0.25, 0.3) is 0 Å². The van der Waals surface area contributed by atoms with Crippen molar-refractivity contribution in [1.29, 1.82) is 0 Å². The molecule has 0 aromatic rings. The van der Waals surface area contributed by atoms with E-state index in [1.165, 1.54) is 0 Å². The standard InChI is InChI=1S/C4H6O3P.Zn/c5-3(6)1-2-4(7)8;/h8H,1-2H2,(H,5,6);/q-1;+2/p-1. The summed E-state index contributed by atoms with van der Waals surface area (Å²) in [4.78, 5) is 19.6. The third-order valence-electron chi connectivity index (χ3n) is 0.556. The number of hydrogen-bond donors (Lipinski definition) is 0. The predicted octanol–water partition coefficient (Wildman–Crippen LogP) is -0.817. The van der Waals surface area contributed by atoms with Gasteiger partial charge in [0, 0.05) is 5.97 Å². The van der Waals surface area contributed by atoms with Gasteiger partial charge in [0.05, 0.1) is 0 Å². The van der Waals surface area contributed by atoms with Gasteiger partial charge < -0.3 is 23.9 Å². The average molecular weight is 197 g/mol. The van der Waals surface area contributed by atoms with Crippen molar-refractivity contribution in [1.82, 2.24) is 0 Å². The van der Waals surface area contributed by atoms with Gasteiger partial charge in [-0.3, -0.25) is 0 Å². The molecule has 5 heteroatoms. The van der Waals surface area contributed by atoms with Gasteiger partial charge in [0.15, 0.2) is 0 Å². The van der Waals surface area contributed by atoms with Gasteiger partial charge in [-0.1, -0.05) is 0 Å². The van der Waals surface area contributed by atoms with Crippen molar-refractivity contribution in [2.24, 2.45) is 0 Å². The fraction of sp³-hybridized carbons (Fsp3) is 0.500. The van der Waals surface area contributed by atoms with Crippen LogP contribution in [-0.2, 0) is 29.1 Å². The summed E-state index contributed by atoms with van der Waals surface area (Å²) in [5.74, 6) is -1.20. The number of carboxylic acid groups (broad SMARTS) is 1. The summed E-state index contributed by atoms with van der Waals surface area (Å²) in [5.41, 5.74) is -0.311. The molecule has 0 aromatic heterocycles. The molecular formula is C4H5O3PZn. The van der Waals surface area contributed by atoms with E-state index in [0.29, 0.717) is 0 Å². The van der Waals surface area contributed by atoms with Crippen LogP contribution in [0, 0.1) is 0 Å². The summed E-state index contributed by atoms with van der Waals surface area (Å²) < 4.78 is 0. The fourth-order valence-corrected chi connectivity index (χ4v) is 0.341. The second-order valence-corrected chi connectivity index (χ2v) is 1.85. The van der Waals surface area contributed by atoms with E-state index in [9.17, 15) is 14.7 Å². The topological polar surface area (TPSA) is 57.2 Å². The van der Waals surface area contributed by atoms with E-state index in [4.69, 9.17) is 0 Å². The number of hydrogen-bond acceptors (Lipinski definition) is 3. The SMILES string of the molecule is O=C([O-])CCC(=O)[PH-].[Zn+2]. The number of carboxylic acids is 1. The minimum absolute atomic E-state index is 0. The van der Waals surface area contributed by atoms with Gasteiger partial charge in [-0.2, -0.15) is 0 Å². The van der Waals surface area contributed by atoms with Gasteiger partial charge in [0.25, 0.3) is 0 Å². The molecule has 0 spiro atoms. The summed E-state index contributed by atoms with van der Waals surface area (Å²) >= 11 is 0. The Morgan fingerprint density at radius 3 is 1.89 bits per heavy atom. The molecular weight excluding hydrogens is 192 g/mol. The predicted molar refractivity (Wildman–Crippen MR) is 27.6 cm³/mol. The molecule has 0 aliphatic carbocycles. The molecule has 46 valence electrons. The molecule has 0 amide bonds. The van der Waals surface area contributed by atoms with Crippen LogP contribution >= 0.6 is 9.24 Å². The second-order valence-electron chi connectivity index (χ2n) is 1.30. The minimum atomic E-state index is -1.20. The zero-order chi connectivity index (χ0) is 6.57. The average Bonchev–Trinajstić information content (AvgIpc) is 1.61. The molecule has 3 nitrogen and oxygen atoms in total. The molecule has 0 heterocycles. The van der Waals surface area contributed by atoms with Crippen molar-refractivity contribution in [3.63, 3.8) is 0 Å². The Bertz CT molecular complexity index is 100. The Balaban J connectivity index is 0. The summed E-state index contributed by atoms with van der Waals surface area (Å²) in [7, 11) is 2.62. The van der Waals surface area contributed by atoms with Gasteiger partial charge in [-0.05, 0) is 18.4 Å². The monoisotopic (exact) mass is 196 g/mol. The molecule has 0 aliphatic rings. The van der Waals surface area contributed by atoms with Crippen molar-refractivity contribution in [2.45, 2.75) is 12.8 Å². The Morgan fingerprint density at radius 2 is 1.78 bits per heavy atom. The first kappa shape index (κ1) is 11.9. The first-order valence-electron chi connectivity index (χ1n) is 2.07. The Hall–Kier alpha value is 0.193. The van der Waals surface area contributed by atoms with E-state index in [-0.39, 0.29) is 37.8 Å². The summed E-state index contributed by atoms with van der Waals surface area (Å²) in [6, 6.07) is 0. The zero-order valence-corrected chi connectivity index (χ0v) is 8.81. The van der Waals surface area contributed by atoms with Crippen LogP contribution in [-0.4, -0.2) is 11.5 Å². The number of carbonyl (C=O) groups is 2. The molecule has 0 bridgehead atoms. The van der Waals surface area contributed by atoms with Crippen molar-refractivity contribution >= 4 is 20.7 Å². The zero-order valence-electron chi connectivity index (χ0n) is 4.85. The van der Waals surface area contributed by atoms with Crippen LogP contribution in [0.3, 0.4) is 0 Å². The van der Waals surface area contributed by atoms with E-state index < -0.39 is 5.97 Å². The molecule has 9 heavy (non-hydrogen) atoms. The maximum absolute atomic E-state index is 9.97. The van der Waals surface area contributed by atoms with Crippen LogP contribution in [0.5, 0.6) is 0 Å². The molecule has 0 N–H and O–H groups in total. The molecule has 0 unspecified atom stereocenters. The van der Waals surface area contributed by atoms with E-state index >= 15 is 0 Å². The molecule has 0 saturated carbocycles.